The zero-order valence-corrected chi connectivity index (χ0v) is 17.4. The van der Waals surface area contributed by atoms with E-state index in [1.165, 1.54) is 10.4 Å². The normalized spacial score (nSPS) is 12.6. The number of nitrogens with zero attached hydrogens (tertiary/aromatic N) is 1. The smallest absolute Gasteiger partial charge is 0.191 e. The Bertz CT molecular complexity index is 655. The molecule has 27 heavy (non-hydrogen) atoms. The highest BCUT2D eigenvalue weighted by molar-refractivity contribution is 7.09. The van der Waals surface area contributed by atoms with E-state index in [1.54, 1.807) is 7.11 Å². The fourth-order valence-electron chi connectivity index (χ4n) is 2.65. The van der Waals surface area contributed by atoms with E-state index in [4.69, 9.17) is 9.73 Å². The van der Waals surface area contributed by atoms with Crippen LogP contribution in [0, 0.1) is 5.92 Å². The van der Waals surface area contributed by atoms with Crippen LogP contribution in [0.15, 0.2) is 46.8 Å². The molecule has 0 bridgehead atoms. The number of guanidine groups is 1. The third kappa shape index (κ3) is 8.45. The van der Waals surface area contributed by atoms with Gasteiger partial charge in [0.1, 0.15) is 0 Å². The number of methoxy groups -OCH3 is 1. The van der Waals surface area contributed by atoms with Gasteiger partial charge in [0.2, 0.25) is 0 Å². The van der Waals surface area contributed by atoms with Crippen molar-refractivity contribution >= 4 is 23.0 Å². The standard InChI is InChI=1S/C21H32N4OS/c1-4-22-21(24-15-17(2)14-20-6-5-13-27-20)25-16-18-7-9-19(10-8-18)23-11-12-26-3/h5-10,13,17,23H,4,11-12,14-16H2,1-3H3,(H2,22,24,25). The maximum atomic E-state index is 5.05. The van der Waals surface area contributed by atoms with Gasteiger partial charge in [-0.05, 0) is 48.4 Å². The van der Waals surface area contributed by atoms with Gasteiger partial charge < -0.3 is 20.7 Å². The molecule has 1 aromatic carbocycles. The van der Waals surface area contributed by atoms with Crippen LogP contribution in [-0.2, 0) is 17.7 Å². The second-order valence-corrected chi connectivity index (χ2v) is 7.61. The second kappa shape index (κ2) is 12.4. The Balaban J connectivity index is 1.81. The molecule has 6 heteroatoms. The number of benzene rings is 1. The van der Waals surface area contributed by atoms with Crippen LogP contribution in [0.5, 0.6) is 0 Å². The molecule has 0 radical (unpaired) electrons. The third-order valence-corrected chi connectivity index (χ3v) is 5.00. The van der Waals surface area contributed by atoms with Crippen LogP contribution in [0.2, 0.25) is 0 Å². The van der Waals surface area contributed by atoms with E-state index in [2.05, 4.69) is 71.6 Å². The summed E-state index contributed by atoms with van der Waals surface area (Å²) in [6.45, 7) is 8.30. The summed E-state index contributed by atoms with van der Waals surface area (Å²) in [5.74, 6) is 1.43. The van der Waals surface area contributed by atoms with Gasteiger partial charge in [-0.1, -0.05) is 25.1 Å². The highest BCUT2D eigenvalue weighted by atomic mass is 32.1. The average molecular weight is 389 g/mol. The summed E-state index contributed by atoms with van der Waals surface area (Å²) < 4.78 is 5.05. The molecule has 0 aliphatic carbocycles. The molecule has 0 amide bonds. The largest absolute Gasteiger partial charge is 0.383 e. The molecule has 0 aliphatic heterocycles. The Morgan fingerprint density at radius 2 is 2.00 bits per heavy atom. The molecule has 1 atom stereocenters. The minimum atomic E-state index is 0.560. The lowest BCUT2D eigenvalue weighted by Gasteiger charge is -2.15. The maximum Gasteiger partial charge on any atom is 0.191 e. The lowest BCUT2D eigenvalue weighted by molar-refractivity contribution is 0.211. The van der Waals surface area contributed by atoms with Crippen LogP contribution >= 0.6 is 11.3 Å². The number of anilines is 1. The van der Waals surface area contributed by atoms with Gasteiger partial charge in [0.05, 0.1) is 13.2 Å². The van der Waals surface area contributed by atoms with Crippen molar-refractivity contribution in [3.63, 3.8) is 0 Å². The topological polar surface area (TPSA) is 57.7 Å². The van der Waals surface area contributed by atoms with Crippen molar-refractivity contribution < 1.29 is 4.74 Å². The van der Waals surface area contributed by atoms with E-state index in [1.807, 2.05) is 11.3 Å². The minimum absolute atomic E-state index is 0.560. The lowest BCUT2D eigenvalue weighted by Crippen LogP contribution is -2.39. The number of hydrogen-bond acceptors (Lipinski definition) is 4. The first kappa shape index (κ1) is 21.3. The van der Waals surface area contributed by atoms with Gasteiger partial charge in [-0.15, -0.1) is 11.3 Å². The first-order chi connectivity index (χ1) is 13.2. The van der Waals surface area contributed by atoms with Crippen molar-refractivity contribution in [2.24, 2.45) is 10.9 Å². The van der Waals surface area contributed by atoms with E-state index in [9.17, 15) is 0 Å². The Kier molecular flexibility index (Phi) is 9.73. The van der Waals surface area contributed by atoms with Crippen molar-refractivity contribution in [1.82, 2.24) is 10.6 Å². The molecular weight excluding hydrogens is 356 g/mol. The molecule has 1 heterocycles. The summed E-state index contributed by atoms with van der Waals surface area (Å²) in [6, 6.07) is 12.7. The number of hydrogen-bond donors (Lipinski definition) is 3. The molecule has 148 valence electrons. The lowest BCUT2D eigenvalue weighted by atomic mass is 10.1. The number of ether oxygens (including phenoxy) is 1. The summed E-state index contributed by atoms with van der Waals surface area (Å²) >= 11 is 1.82. The third-order valence-electron chi connectivity index (χ3n) is 4.10. The predicted octanol–water partition coefficient (Wildman–Crippen LogP) is 3.74. The average Bonchev–Trinajstić information content (AvgIpc) is 3.18. The fraction of sp³-hybridized carbons (Fsp3) is 0.476. The SMILES string of the molecule is CCNC(=NCc1ccc(NCCOC)cc1)NCC(C)Cc1cccs1. The quantitative estimate of drug-likeness (QED) is 0.312. The van der Waals surface area contributed by atoms with E-state index in [-0.39, 0.29) is 0 Å². The van der Waals surface area contributed by atoms with Crippen LogP contribution in [0.25, 0.3) is 0 Å². The Morgan fingerprint density at radius 3 is 2.67 bits per heavy atom. The molecule has 0 aliphatic rings. The summed E-state index contributed by atoms with van der Waals surface area (Å²) in [4.78, 5) is 6.15. The van der Waals surface area contributed by atoms with Gasteiger partial charge in [0.15, 0.2) is 5.96 Å². The molecule has 2 rings (SSSR count). The Labute approximate surface area is 167 Å². The highest BCUT2D eigenvalue weighted by Gasteiger charge is 2.06. The molecule has 1 unspecified atom stereocenters. The van der Waals surface area contributed by atoms with Crippen LogP contribution in [-0.4, -0.2) is 39.3 Å². The molecule has 0 fully saturated rings. The Hall–Kier alpha value is -2.05. The van der Waals surface area contributed by atoms with Gasteiger partial charge in [-0.3, -0.25) is 0 Å². The van der Waals surface area contributed by atoms with E-state index in [0.29, 0.717) is 19.1 Å². The molecule has 0 spiro atoms. The molecular formula is C21H32N4OS. The van der Waals surface area contributed by atoms with E-state index in [0.717, 1.165) is 37.7 Å². The minimum Gasteiger partial charge on any atom is -0.383 e. The summed E-state index contributed by atoms with van der Waals surface area (Å²) in [5.41, 5.74) is 2.29. The highest BCUT2D eigenvalue weighted by Crippen LogP contribution is 2.14. The van der Waals surface area contributed by atoms with Crippen molar-refractivity contribution in [3.8, 4) is 0 Å². The van der Waals surface area contributed by atoms with Gasteiger partial charge in [0, 0.05) is 37.3 Å². The maximum absolute atomic E-state index is 5.05. The first-order valence-electron chi connectivity index (χ1n) is 9.57. The number of rotatable bonds is 11. The van der Waals surface area contributed by atoms with Gasteiger partial charge in [-0.2, -0.15) is 0 Å². The summed E-state index contributed by atoms with van der Waals surface area (Å²) in [5, 5.41) is 12.3. The van der Waals surface area contributed by atoms with Gasteiger partial charge in [-0.25, -0.2) is 4.99 Å². The monoisotopic (exact) mass is 388 g/mol. The van der Waals surface area contributed by atoms with Gasteiger partial charge in [0.25, 0.3) is 0 Å². The van der Waals surface area contributed by atoms with Crippen LogP contribution < -0.4 is 16.0 Å². The zero-order chi connectivity index (χ0) is 19.3. The van der Waals surface area contributed by atoms with Crippen molar-refractivity contribution in [2.75, 3.05) is 38.7 Å². The number of thiophene rings is 1. The second-order valence-electron chi connectivity index (χ2n) is 6.58. The molecule has 2 aromatic rings. The Morgan fingerprint density at radius 1 is 1.19 bits per heavy atom. The number of nitrogens with one attached hydrogen (secondary N) is 3. The van der Waals surface area contributed by atoms with Gasteiger partial charge >= 0.3 is 0 Å². The van der Waals surface area contributed by atoms with Crippen LogP contribution in [0.3, 0.4) is 0 Å². The zero-order valence-electron chi connectivity index (χ0n) is 16.6. The fourth-order valence-corrected chi connectivity index (χ4v) is 3.52. The summed E-state index contributed by atoms with van der Waals surface area (Å²) in [7, 11) is 1.71. The van der Waals surface area contributed by atoms with Crippen molar-refractivity contribution in [2.45, 2.75) is 26.8 Å². The number of aliphatic imine (C=N–C) groups is 1. The van der Waals surface area contributed by atoms with E-state index >= 15 is 0 Å². The predicted molar refractivity (Wildman–Crippen MR) is 117 cm³/mol. The van der Waals surface area contributed by atoms with Crippen molar-refractivity contribution in [3.05, 3.63) is 52.2 Å². The molecule has 0 saturated heterocycles. The van der Waals surface area contributed by atoms with Crippen LogP contribution in [0.4, 0.5) is 5.69 Å². The molecule has 3 N–H and O–H groups in total. The molecule has 0 saturated carbocycles. The van der Waals surface area contributed by atoms with Crippen LogP contribution in [0.1, 0.15) is 24.3 Å². The molecule has 5 nitrogen and oxygen atoms in total. The first-order valence-corrected chi connectivity index (χ1v) is 10.5. The van der Waals surface area contributed by atoms with E-state index < -0.39 is 0 Å². The summed E-state index contributed by atoms with van der Waals surface area (Å²) in [6.07, 6.45) is 1.10. The molecule has 1 aromatic heterocycles. The van der Waals surface area contributed by atoms with Crippen molar-refractivity contribution in [1.29, 1.82) is 0 Å².